The normalized spacial score (nSPS) is 33.2. The molecule has 0 aromatic rings. The summed E-state index contributed by atoms with van der Waals surface area (Å²) in [5.74, 6) is 0. The van der Waals surface area contributed by atoms with Gasteiger partial charge >= 0.3 is 0 Å². The minimum Gasteiger partial charge on any atom is -0.328 e. The lowest BCUT2D eigenvalue weighted by Crippen LogP contribution is -2.55. The number of nitrogens with two attached hydrogens (primary N) is 1. The van der Waals surface area contributed by atoms with Gasteiger partial charge in [-0.25, -0.2) is 0 Å². The van der Waals surface area contributed by atoms with Crippen LogP contribution in [0.1, 0.15) is 27.2 Å². The van der Waals surface area contributed by atoms with E-state index in [9.17, 15) is 0 Å². The average molecular weight is 185 g/mol. The zero-order chi connectivity index (χ0) is 9.84. The molecule has 0 aromatic heterocycles. The van der Waals surface area contributed by atoms with Gasteiger partial charge in [0, 0.05) is 31.2 Å². The van der Waals surface area contributed by atoms with Crippen molar-refractivity contribution in [3.8, 4) is 0 Å². The summed E-state index contributed by atoms with van der Waals surface area (Å²) in [5.41, 5.74) is 5.75. The van der Waals surface area contributed by atoms with Gasteiger partial charge in [-0.3, -0.25) is 4.90 Å². The second kappa shape index (κ2) is 4.94. The molecular formula is C10H23N3. The number of rotatable bonds is 3. The highest BCUT2D eigenvalue weighted by atomic mass is 15.2. The van der Waals surface area contributed by atoms with Crippen LogP contribution in [0.5, 0.6) is 0 Å². The Balaban J connectivity index is 2.31. The SMILES string of the molecule is CC(N)CCN1CCNC(C)C1C. The quantitative estimate of drug-likeness (QED) is 0.669. The Kier molecular flexibility index (Phi) is 4.16. The molecule has 3 atom stereocenters. The average Bonchev–Trinajstić information content (AvgIpc) is 2.07. The summed E-state index contributed by atoms with van der Waals surface area (Å²) in [6, 6.07) is 1.59. The van der Waals surface area contributed by atoms with Gasteiger partial charge in [0.15, 0.2) is 0 Å². The minimum atomic E-state index is 0.331. The maximum Gasteiger partial charge on any atom is 0.0218 e. The van der Waals surface area contributed by atoms with E-state index in [1.54, 1.807) is 0 Å². The molecule has 3 N–H and O–H groups in total. The largest absolute Gasteiger partial charge is 0.328 e. The highest BCUT2D eigenvalue weighted by Gasteiger charge is 2.23. The maximum absolute atomic E-state index is 5.75. The highest BCUT2D eigenvalue weighted by molar-refractivity contribution is 4.83. The summed E-state index contributed by atoms with van der Waals surface area (Å²) in [6.45, 7) is 10.0. The highest BCUT2D eigenvalue weighted by Crippen LogP contribution is 2.09. The predicted molar refractivity (Wildman–Crippen MR) is 56.8 cm³/mol. The zero-order valence-electron chi connectivity index (χ0n) is 9.09. The molecule has 78 valence electrons. The van der Waals surface area contributed by atoms with E-state index in [-0.39, 0.29) is 0 Å². The summed E-state index contributed by atoms with van der Waals surface area (Å²) in [4.78, 5) is 2.53. The van der Waals surface area contributed by atoms with Crippen molar-refractivity contribution in [2.45, 2.75) is 45.3 Å². The van der Waals surface area contributed by atoms with Gasteiger partial charge in [0.1, 0.15) is 0 Å². The molecule has 0 amide bonds. The van der Waals surface area contributed by atoms with Gasteiger partial charge in [0.25, 0.3) is 0 Å². The molecule has 3 heteroatoms. The standard InChI is InChI=1S/C10H23N3/c1-8(11)4-6-13-7-5-12-9(2)10(13)3/h8-10,12H,4-7,11H2,1-3H3. The van der Waals surface area contributed by atoms with E-state index < -0.39 is 0 Å². The van der Waals surface area contributed by atoms with Crippen molar-refractivity contribution in [1.82, 2.24) is 10.2 Å². The summed E-state index contributed by atoms with van der Waals surface area (Å²) < 4.78 is 0. The Morgan fingerprint density at radius 1 is 1.54 bits per heavy atom. The van der Waals surface area contributed by atoms with E-state index in [1.807, 2.05) is 0 Å². The van der Waals surface area contributed by atoms with E-state index in [0.29, 0.717) is 18.1 Å². The third-order valence-electron chi connectivity index (χ3n) is 3.04. The molecular weight excluding hydrogens is 162 g/mol. The Labute approximate surface area is 81.7 Å². The summed E-state index contributed by atoms with van der Waals surface area (Å²) in [6.07, 6.45) is 1.11. The van der Waals surface area contributed by atoms with Gasteiger partial charge in [0.05, 0.1) is 0 Å². The van der Waals surface area contributed by atoms with Crippen LogP contribution in [-0.2, 0) is 0 Å². The van der Waals surface area contributed by atoms with Crippen LogP contribution in [0.2, 0.25) is 0 Å². The molecule has 13 heavy (non-hydrogen) atoms. The molecule has 1 fully saturated rings. The van der Waals surface area contributed by atoms with Crippen molar-refractivity contribution < 1.29 is 0 Å². The number of hydrogen-bond acceptors (Lipinski definition) is 3. The molecule has 0 bridgehead atoms. The smallest absolute Gasteiger partial charge is 0.0218 e. The molecule has 3 unspecified atom stereocenters. The Hall–Kier alpha value is -0.120. The number of piperazine rings is 1. The van der Waals surface area contributed by atoms with E-state index in [4.69, 9.17) is 5.73 Å². The third-order valence-corrected chi connectivity index (χ3v) is 3.04. The van der Waals surface area contributed by atoms with Gasteiger partial charge in [0.2, 0.25) is 0 Å². The number of nitrogens with one attached hydrogen (secondary N) is 1. The molecule has 0 saturated carbocycles. The third kappa shape index (κ3) is 3.25. The first-order valence-electron chi connectivity index (χ1n) is 5.34. The van der Waals surface area contributed by atoms with Crippen LogP contribution in [0.3, 0.4) is 0 Å². The fraction of sp³-hybridized carbons (Fsp3) is 1.00. The van der Waals surface area contributed by atoms with Crippen molar-refractivity contribution in [1.29, 1.82) is 0 Å². The first kappa shape index (κ1) is 11.0. The van der Waals surface area contributed by atoms with E-state index in [2.05, 4.69) is 31.0 Å². The molecule has 0 spiro atoms. The van der Waals surface area contributed by atoms with Gasteiger partial charge in [-0.2, -0.15) is 0 Å². The molecule has 1 aliphatic heterocycles. The maximum atomic E-state index is 5.75. The van der Waals surface area contributed by atoms with Crippen molar-refractivity contribution >= 4 is 0 Å². The van der Waals surface area contributed by atoms with Gasteiger partial charge in [-0.1, -0.05) is 0 Å². The molecule has 0 radical (unpaired) electrons. The summed E-state index contributed by atoms with van der Waals surface area (Å²) >= 11 is 0. The molecule has 1 rings (SSSR count). The zero-order valence-corrected chi connectivity index (χ0v) is 9.09. The van der Waals surface area contributed by atoms with Crippen LogP contribution in [0.15, 0.2) is 0 Å². The molecule has 1 saturated heterocycles. The van der Waals surface area contributed by atoms with Crippen molar-refractivity contribution in [2.24, 2.45) is 5.73 Å². The van der Waals surface area contributed by atoms with Crippen molar-refractivity contribution in [2.75, 3.05) is 19.6 Å². The van der Waals surface area contributed by atoms with Gasteiger partial charge in [-0.05, 0) is 33.7 Å². The second-order valence-corrected chi connectivity index (χ2v) is 4.29. The van der Waals surface area contributed by atoms with Gasteiger partial charge in [-0.15, -0.1) is 0 Å². The number of hydrogen-bond donors (Lipinski definition) is 2. The lowest BCUT2D eigenvalue weighted by atomic mass is 10.1. The van der Waals surface area contributed by atoms with Crippen molar-refractivity contribution in [3.05, 3.63) is 0 Å². The fourth-order valence-corrected chi connectivity index (χ4v) is 1.81. The molecule has 1 heterocycles. The monoisotopic (exact) mass is 185 g/mol. The lowest BCUT2D eigenvalue weighted by Gasteiger charge is -2.38. The first-order chi connectivity index (χ1) is 6.11. The molecule has 1 aliphatic rings. The van der Waals surface area contributed by atoms with Crippen molar-refractivity contribution in [3.63, 3.8) is 0 Å². The first-order valence-corrected chi connectivity index (χ1v) is 5.34. The summed E-state index contributed by atoms with van der Waals surface area (Å²) in [5, 5.41) is 3.48. The van der Waals surface area contributed by atoms with Crippen LogP contribution in [0.4, 0.5) is 0 Å². The Morgan fingerprint density at radius 3 is 2.85 bits per heavy atom. The number of nitrogens with zero attached hydrogens (tertiary/aromatic N) is 1. The van der Waals surface area contributed by atoms with E-state index in [1.165, 1.54) is 0 Å². The van der Waals surface area contributed by atoms with Crippen LogP contribution in [0, 0.1) is 0 Å². The molecule has 0 aliphatic carbocycles. The van der Waals surface area contributed by atoms with Crippen LogP contribution in [-0.4, -0.2) is 42.7 Å². The predicted octanol–water partition coefficient (Wildman–Crippen LogP) is 0.406. The van der Waals surface area contributed by atoms with Crippen LogP contribution < -0.4 is 11.1 Å². The van der Waals surface area contributed by atoms with Gasteiger partial charge < -0.3 is 11.1 Å². The minimum absolute atomic E-state index is 0.331. The van der Waals surface area contributed by atoms with E-state index in [0.717, 1.165) is 26.1 Å². The topological polar surface area (TPSA) is 41.3 Å². The molecule has 3 nitrogen and oxygen atoms in total. The Morgan fingerprint density at radius 2 is 2.23 bits per heavy atom. The fourth-order valence-electron chi connectivity index (χ4n) is 1.81. The van der Waals surface area contributed by atoms with Crippen LogP contribution in [0.25, 0.3) is 0 Å². The Bertz CT molecular complexity index is 147. The van der Waals surface area contributed by atoms with E-state index >= 15 is 0 Å². The lowest BCUT2D eigenvalue weighted by molar-refractivity contribution is 0.135. The van der Waals surface area contributed by atoms with Crippen LogP contribution >= 0.6 is 0 Å². The second-order valence-electron chi connectivity index (χ2n) is 4.29. The molecule has 0 aromatic carbocycles. The summed E-state index contributed by atoms with van der Waals surface area (Å²) in [7, 11) is 0.